The van der Waals surface area contributed by atoms with Crippen molar-refractivity contribution in [1.82, 2.24) is 20.1 Å². The van der Waals surface area contributed by atoms with E-state index in [1.165, 1.54) is 30.5 Å². The van der Waals surface area contributed by atoms with Crippen LogP contribution in [0.15, 0.2) is 42.6 Å². The van der Waals surface area contributed by atoms with Crippen LogP contribution >= 0.6 is 0 Å². The Morgan fingerprint density at radius 1 is 1.20 bits per heavy atom. The Morgan fingerprint density at radius 2 is 1.94 bits per heavy atom. The maximum Gasteiger partial charge on any atom is 0.255 e. The van der Waals surface area contributed by atoms with Crippen LogP contribution in [0.3, 0.4) is 0 Å². The van der Waals surface area contributed by atoms with Gasteiger partial charge in [-0.05, 0) is 67.0 Å². The summed E-state index contributed by atoms with van der Waals surface area (Å²) in [6, 6.07) is 10.7. The quantitative estimate of drug-likeness (QED) is 0.521. The second-order valence-electron chi connectivity index (χ2n) is 9.89. The predicted octanol–water partition coefficient (Wildman–Crippen LogP) is 5.01. The Hall–Kier alpha value is -3.73. The molecule has 0 spiro atoms. The van der Waals surface area contributed by atoms with Gasteiger partial charge >= 0.3 is 0 Å². The van der Waals surface area contributed by atoms with Gasteiger partial charge in [0.1, 0.15) is 23.4 Å². The van der Waals surface area contributed by atoms with Crippen LogP contribution in [0.4, 0.5) is 8.78 Å². The van der Waals surface area contributed by atoms with Crippen LogP contribution in [0.1, 0.15) is 66.8 Å². The molecule has 0 radical (unpaired) electrons. The minimum Gasteiger partial charge on any atom is -0.338 e. The fourth-order valence-corrected chi connectivity index (χ4v) is 6.06. The van der Waals surface area contributed by atoms with Crippen LogP contribution in [0.2, 0.25) is 0 Å². The Labute approximate surface area is 202 Å². The van der Waals surface area contributed by atoms with Gasteiger partial charge in [-0.15, -0.1) is 0 Å². The van der Waals surface area contributed by atoms with Crippen molar-refractivity contribution in [3.8, 4) is 17.3 Å². The number of pyridine rings is 1. The van der Waals surface area contributed by atoms with E-state index in [2.05, 4.69) is 29.0 Å². The van der Waals surface area contributed by atoms with Crippen molar-refractivity contribution in [3.05, 3.63) is 76.7 Å². The molecule has 8 heteroatoms. The first-order valence-corrected chi connectivity index (χ1v) is 11.7. The monoisotopic (exact) mass is 473 g/mol. The fourth-order valence-electron chi connectivity index (χ4n) is 6.06. The first kappa shape index (κ1) is 23.0. The summed E-state index contributed by atoms with van der Waals surface area (Å²) in [6.07, 6.45) is 3.17. The van der Waals surface area contributed by atoms with E-state index >= 15 is 0 Å². The molecule has 1 fully saturated rings. The van der Waals surface area contributed by atoms with Gasteiger partial charge in [-0.1, -0.05) is 19.9 Å². The number of aromatic nitrogens is 3. The van der Waals surface area contributed by atoms with Crippen molar-refractivity contribution in [1.29, 1.82) is 5.26 Å². The molecule has 0 N–H and O–H groups in total. The van der Waals surface area contributed by atoms with E-state index < -0.39 is 17.0 Å². The Balaban J connectivity index is 1.53. The summed E-state index contributed by atoms with van der Waals surface area (Å²) in [4.78, 5) is 19.2. The van der Waals surface area contributed by atoms with E-state index in [4.69, 9.17) is 5.26 Å². The highest BCUT2D eigenvalue weighted by molar-refractivity contribution is 5.94. The summed E-state index contributed by atoms with van der Waals surface area (Å²) < 4.78 is 28.9. The summed E-state index contributed by atoms with van der Waals surface area (Å²) >= 11 is 0. The molecule has 1 saturated carbocycles. The number of hydrogen-bond donors (Lipinski definition) is 0. The van der Waals surface area contributed by atoms with Gasteiger partial charge in [-0.2, -0.15) is 15.5 Å². The molecule has 178 valence electrons. The van der Waals surface area contributed by atoms with Crippen LogP contribution in [0, 0.1) is 28.4 Å². The number of nitriles is 1. The molecule has 2 aliphatic carbocycles. The molecule has 6 nitrogen and oxygen atoms in total. The van der Waals surface area contributed by atoms with Crippen molar-refractivity contribution in [2.24, 2.45) is 5.41 Å². The molecule has 2 aromatic heterocycles. The van der Waals surface area contributed by atoms with Gasteiger partial charge in [-0.3, -0.25) is 4.79 Å². The molecule has 2 heterocycles. The number of halogens is 2. The third-order valence-electron chi connectivity index (χ3n) is 8.09. The molecule has 3 aromatic rings. The van der Waals surface area contributed by atoms with Gasteiger partial charge in [0, 0.05) is 24.7 Å². The molecule has 2 aliphatic rings. The lowest BCUT2D eigenvalue weighted by molar-refractivity contribution is 0.0652. The molecular formula is C27H25F2N5O. The summed E-state index contributed by atoms with van der Waals surface area (Å²) in [5.74, 6) is -1.36. The first-order chi connectivity index (χ1) is 16.7. The lowest BCUT2D eigenvalue weighted by atomic mass is 9.68. The van der Waals surface area contributed by atoms with E-state index in [9.17, 15) is 13.6 Å². The van der Waals surface area contributed by atoms with Gasteiger partial charge in [0.2, 0.25) is 0 Å². The third-order valence-corrected chi connectivity index (χ3v) is 8.09. The normalized spacial score (nSPS) is 21.4. The van der Waals surface area contributed by atoms with Gasteiger partial charge in [0.15, 0.2) is 0 Å². The Kier molecular flexibility index (Phi) is 5.39. The predicted molar refractivity (Wildman–Crippen MR) is 125 cm³/mol. The Morgan fingerprint density at radius 3 is 2.57 bits per heavy atom. The maximum absolute atomic E-state index is 14.4. The van der Waals surface area contributed by atoms with Crippen LogP contribution in [0.5, 0.6) is 0 Å². The molecule has 2 atom stereocenters. The van der Waals surface area contributed by atoms with Gasteiger partial charge in [-0.25, -0.2) is 13.8 Å². The summed E-state index contributed by atoms with van der Waals surface area (Å²) in [5.41, 5.74) is 1.79. The van der Waals surface area contributed by atoms with Crippen LogP contribution in [-0.4, -0.2) is 39.1 Å². The Bertz CT molecular complexity index is 1340. The van der Waals surface area contributed by atoms with E-state index in [1.54, 1.807) is 17.0 Å². The average molecular weight is 474 g/mol. The van der Waals surface area contributed by atoms with Crippen molar-refractivity contribution in [2.45, 2.75) is 44.9 Å². The maximum atomic E-state index is 14.4. The van der Waals surface area contributed by atoms with Gasteiger partial charge < -0.3 is 4.90 Å². The van der Waals surface area contributed by atoms with Crippen molar-refractivity contribution in [2.75, 3.05) is 13.1 Å². The highest BCUT2D eigenvalue weighted by Crippen LogP contribution is 2.67. The first-order valence-electron chi connectivity index (χ1n) is 11.7. The van der Waals surface area contributed by atoms with Gasteiger partial charge in [0.05, 0.1) is 22.5 Å². The lowest BCUT2D eigenvalue weighted by Gasteiger charge is -2.41. The largest absolute Gasteiger partial charge is 0.338 e. The lowest BCUT2D eigenvalue weighted by Crippen LogP contribution is -2.48. The van der Waals surface area contributed by atoms with E-state index in [-0.39, 0.29) is 34.2 Å². The number of nitrogens with zero attached hydrogens (tertiary/aromatic N) is 5. The number of carbonyl (C=O) groups excluding carboxylic acids is 1. The minimum absolute atomic E-state index is 0.145. The number of fused-ring (bicyclic) bond motifs is 5. The van der Waals surface area contributed by atoms with Crippen LogP contribution in [0.25, 0.3) is 11.3 Å². The number of hydrogen-bond acceptors (Lipinski definition) is 5. The molecular weight excluding hydrogens is 448 g/mol. The summed E-state index contributed by atoms with van der Waals surface area (Å²) in [6.45, 7) is 7.22. The second kappa shape index (κ2) is 8.19. The highest BCUT2D eigenvalue weighted by atomic mass is 19.1. The van der Waals surface area contributed by atoms with Gasteiger partial charge in [0.25, 0.3) is 5.91 Å². The van der Waals surface area contributed by atoms with Crippen LogP contribution in [-0.2, 0) is 5.41 Å². The molecule has 1 aromatic carbocycles. The second-order valence-corrected chi connectivity index (χ2v) is 9.89. The molecule has 5 rings (SSSR count). The zero-order valence-electron chi connectivity index (χ0n) is 19.8. The zero-order valence-corrected chi connectivity index (χ0v) is 19.8. The number of benzene rings is 1. The molecule has 1 amide bonds. The highest BCUT2D eigenvalue weighted by Gasteiger charge is 2.64. The van der Waals surface area contributed by atoms with E-state index in [0.29, 0.717) is 18.7 Å². The number of likely N-dealkylation sites (N-methyl/N-ethyl adjacent to an activating group) is 1. The fraction of sp³-hybridized carbons (Fsp3) is 0.370. The molecule has 2 bridgehead atoms. The third kappa shape index (κ3) is 3.33. The van der Waals surface area contributed by atoms with Crippen molar-refractivity contribution in [3.63, 3.8) is 0 Å². The zero-order chi connectivity index (χ0) is 25.0. The molecule has 35 heavy (non-hydrogen) atoms. The smallest absolute Gasteiger partial charge is 0.255 e. The minimum atomic E-state index is -0.671. The number of carbonyl (C=O) groups is 1. The molecule has 0 saturated heterocycles. The SMILES string of the molecule is CCN(C[C@@]12CC[C@@H](c3cc(-c4c(F)cccc4F)nnc31)C2(C)C)C(=O)c1ccc(C#N)nc1. The number of rotatable bonds is 5. The topological polar surface area (TPSA) is 82.8 Å². The van der Waals surface area contributed by atoms with E-state index in [1.807, 2.05) is 13.0 Å². The summed E-state index contributed by atoms with van der Waals surface area (Å²) in [5, 5.41) is 17.8. The van der Waals surface area contributed by atoms with Crippen molar-refractivity contribution < 1.29 is 13.6 Å². The molecule has 0 unspecified atom stereocenters. The van der Waals surface area contributed by atoms with Crippen LogP contribution < -0.4 is 0 Å². The van der Waals surface area contributed by atoms with Crippen molar-refractivity contribution >= 4 is 5.91 Å². The average Bonchev–Trinajstić information content (AvgIpc) is 3.21. The van der Waals surface area contributed by atoms with E-state index in [0.717, 1.165) is 24.1 Å². The standard InChI is InChI=1S/C27H25F2N5O/c1-4-34(25(35)16-8-9-17(13-30)31-14-16)15-27-11-10-19(26(27,2)3)18-12-22(32-33-24(18)27)23-20(28)6-5-7-21(23)29/h5-9,12,14,19H,4,10-11,15H2,1-3H3/t19-,27-/m0/s1. The summed E-state index contributed by atoms with van der Waals surface area (Å²) in [7, 11) is 0. The number of amides is 1. The molecule has 0 aliphatic heterocycles.